The van der Waals surface area contributed by atoms with Crippen LogP contribution in [0.4, 0.5) is 23.7 Å². The van der Waals surface area contributed by atoms with Crippen LogP contribution in [0, 0.1) is 0 Å². The quantitative estimate of drug-likeness (QED) is 0.464. The Bertz CT molecular complexity index is 1050. The van der Waals surface area contributed by atoms with E-state index in [9.17, 15) is 26.4 Å². The van der Waals surface area contributed by atoms with Gasteiger partial charge in [-0.3, -0.25) is 4.31 Å². The van der Waals surface area contributed by atoms with Crippen molar-refractivity contribution in [2.75, 3.05) is 10.8 Å². The molecule has 0 heterocycles. The van der Waals surface area contributed by atoms with Gasteiger partial charge in [-0.1, -0.05) is 29.3 Å². The zero-order valence-electron chi connectivity index (χ0n) is 17.7. The second-order valence-electron chi connectivity index (χ2n) is 7.70. The SMILES string of the molecule is CC(C)(C)OC(=O)NCC(c1ccc(Cl)c(Cl)c1)N(c1ccc(OC(F)(F)F)cc1)[SH](=O)=O. The topological polar surface area (TPSA) is 84.9 Å². The molecule has 0 aromatic heterocycles. The molecule has 7 nitrogen and oxygen atoms in total. The van der Waals surface area contributed by atoms with Gasteiger partial charge in [-0.25, -0.2) is 13.2 Å². The first-order chi connectivity index (χ1) is 15.2. The smallest absolute Gasteiger partial charge is 0.444 e. The lowest BCUT2D eigenvalue weighted by molar-refractivity contribution is -0.274. The highest BCUT2D eigenvalue weighted by Crippen LogP contribution is 2.33. The first-order valence-corrected chi connectivity index (χ1v) is 11.3. The van der Waals surface area contributed by atoms with Crippen molar-refractivity contribution in [2.24, 2.45) is 0 Å². The number of thiol groups is 1. The lowest BCUT2D eigenvalue weighted by Crippen LogP contribution is -2.40. The molecule has 1 atom stereocenters. The highest BCUT2D eigenvalue weighted by Gasteiger charge is 2.31. The fraction of sp³-hybridized carbons (Fsp3) is 0.350. The number of benzene rings is 2. The van der Waals surface area contributed by atoms with Crippen LogP contribution < -0.4 is 14.4 Å². The fourth-order valence-corrected chi connectivity index (χ4v) is 3.82. The number of carbonyl (C=O) groups is 1. The van der Waals surface area contributed by atoms with Crippen LogP contribution >= 0.6 is 23.2 Å². The molecule has 0 fully saturated rings. The van der Waals surface area contributed by atoms with Gasteiger partial charge in [0.25, 0.3) is 0 Å². The number of nitrogens with one attached hydrogen (secondary N) is 1. The number of rotatable bonds is 7. The zero-order chi connectivity index (χ0) is 25.0. The number of carbonyl (C=O) groups excluding carboxylic acids is 1. The molecule has 33 heavy (non-hydrogen) atoms. The molecule has 1 amide bonds. The van der Waals surface area contributed by atoms with Gasteiger partial charge in [0.2, 0.25) is 10.9 Å². The molecule has 1 N–H and O–H groups in total. The molecule has 0 saturated carbocycles. The summed E-state index contributed by atoms with van der Waals surface area (Å²) in [5.41, 5.74) is -0.390. The van der Waals surface area contributed by atoms with E-state index in [4.69, 9.17) is 27.9 Å². The Hall–Kier alpha value is -2.37. The maximum Gasteiger partial charge on any atom is 0.573 e. The number of halogens is 5. The van der Waals surface area contributed by atoms with E-state index in [0.717, 1.165) is 28.6 Å². The number of alkyl halides is 3. The Morgan fingerprint density at radius 1 is 1.06 bits per heavy atom. The zero-order valence-corrected chi connectivity index (χ0v) is 20.1. The van der Waals surface area contributed by atoms with E-state index in [0.29, 0.717) is 5.56 Å². The van der Waals surface area contributed by atoms with Crippen LogP contribution in [0.2, 0.25) is 10.0 Å². The molecule has 2 aromatic carbocycles. The van der Waals surface area contributed by atoms with Gasteiger partial charge in [0, 0.05) is 6.54 Å². The average Bonchev–Trinajstić information content (AvgIpc) is 2.65. The van der Waals surface area contributed by atoms with Gasteiger partial charge >= 0.3 is 12.5 Å². The molecule has 0 radical (unpaired) electrons. The van der Waals surface area contributed by atoms with Gasteiger partial charge in [-0.05, 0) is 62.7 Å². The summed E-state index contributed by atoms with van der Waals surface area (Å²) >= 11 is 12.0. The van der Waals surface area contributed by atoms with Crippen molar-refractivity contribution < 1.29 is 35.9 Å². The molecule has 2 rings (SSSR count). The molecule has 0 aliphatic rings. The molecular weight excluding hydrogens is 508 g/mol. The number of hydrogen-bond acceptors (Lipinski definition) is 5. The third-order valence-corrected chi connectivity index (χ3v) is 5.57. The molecule has 182 valence electrons. The minimum atomic E-state index is -4.90. The molecule has 2 aromatic rings. The van der Waals surface area contributed by atoms with Crippen LogP contribution in [0.1, 0.15) is 32.4 Å². The Labute approximate surface area is 200 Å². The van der Waals surface area contributed by atoms with E-state index in [1.165, 1.54) is 18.2 Å². The van der Waals surface area contributed by atoms with Crippen molar-refractivity contribution >= 4 is 45.9 Å². The first kappa shape index (κ1) is 26.9. The van der Waals surface area contributed by atoms with E-state index in [1.807, 2.05) is 0 Å². The largest absolute Gasteiger partial charge is 0.573 e. The third kappa shape index (κ3) is 8.49. The standard InChI is InChI=1S/C20H21Cl2F3N2O5S/c1-19(2,3)32-18(28)26-11-17(12-4-9-15(21)16(22)10-12)27(33(29)30)13-5-7-14(8-6-13)31-20(23,24)25/h4-10,17,33H,11H2,1-3H3,(H,26,28). The van der Waals surface area contributed by atoms with Crippen LogP contribution in [-0.4, -0.2) is 33.0 Å². The lowest BCUT2D eigenvalue weighted by Gasteiger charge is -2.30. The van der Waals surface area contributed by atoms with E-state index >= 15 is 0 Å². The lowest BCUT2D eigenvalue weighted by atomic mass is 10.1. The summed E-state index contributed by atoms with van der Waals surface area (Å²) in [6.07, 6.45) is -5.69. The van der Waals surface area contributed by atoms with E-state index < -0.39 is 40.7 Å². The summed E-state index contributed by atoms with van der Waals surface area (Å²) in [5.74, 6) is -0.523. The van der Waals surface area contributed by atoms with Gasteiger partial charge in [-0.2, -0.15) is 0 Å². The monoisotopic (exact) mass is 528 g/mol. The summed E-state index contributed by atoms with van der Waals surface area (Å²) in [6, 6.07) is 7.61. The van der Waals surface area contributed by atoms with Crippen LogP contribution in [0.5, 0.6) is 5.75 Å². The van der Waals surface area contributed by atoms with Gasteiger partial charge in [0.15, 0.2) is 0 Å². The third-order valence-electron chi connectivity index (χ3n) is 3.97. The average molecular weight is 529 g/mol. The highest BCUT2D eigenvalue weighted by atomic mass is 35.5. The summed E-state index contributed by atoms with van der Waals surface area (Å²) in [5, 5.41) is 2.87. The minimum absolute atomic E-state index is 0.0303. The van der Waals surface area contributed by atoms with Gasteiger partial charge < -0.3 is 14.8 Å². The van der Waals surface area contributed by atoms with Crippen LogP contribution in [0.25, 0.3) is 0 Å². The Morgan fingerprint density at radius 3 is 2.15 bits per heavy atom. The molecular formula is C20H21Cl2F3N2O5S. The summed E-state index contributed by atoms with van der Waals surface area (Å²) in [4.78, 5) is 12.1. The molecule has 0 bridgehead atoms. The predicted molar refractivity (Wildman–Crippen MR) is 119 cm³/mol. The van der Waals surface area contributed by atoms with E-state index in [1.54, 1.807) is 20.8 Å². The van der Waals surface area contributed by atoms with Gasteiger partial charge in [-0.15, -0.1) is 13.2 Å². The molecule has 0 saturated heterocycles. The Kier molecular flexibility index (Phi) is 8.72. The van der Waals surface area contributed by atoms with Crippen LogP contribution in [-0.2, 0) is 15.6 Å². The van der Waals surface area contributed by atoms with Crippen molar-refractivity contribution in [1.29, 1.82) is 0 Å². The van der Waals surface area contributed by atoms with E-state index in [2.05, 4.69) is 10.1 Å². The number of ether oxygens (including phenoxy) is 2. The van der Waals surface area contributed by atoms with Crippen molar-refractivity contribution in [1.82, 2.24) is 5.32 Å². The van der Waals surface area contributed by atoms with Crippen molar-refractivity contribution in [3.05, 3.63) is 58.1 Å². The number of anilines is 1. The van der Waals surface area contributed by atoms with Crippen molar-refractivity contribution in [3.63, 3.8) is 0 Å². The second kappa shape index (κ2) is 10.7. The molecule has 13 heteroatoms. The van der Waals surface area contributed by atoms with Crippen molar-refractivity contribution in [2.45, 2.75) is 38.8 Å². The Morgan fingerprint density at radius 2 is 1.67 bits per heavy atom. The maximum atomic E-state index is 12.4. The summed E-state index contributed by atoms with van der Waals surface area (Å²) in [7, 11) is -3.31. The van der Waals surface area contributed by atoms with Gasteiger partial charge in [0.1, 0.15) is 11.4 Å². The number of hydrogen-bond donors (Lipinski definition) is 2. The number of alkyl carbamates (subject to hydrolysis) is 1. The maximum absolute atomic E-state index is 12.4. The predicted octanol–water partition coefficient (Wildman–Crippen LogP) is 5.49. The normalized spacial score (nSPS) is 12.9. The first-order valence-electron chi connectivity index (χ1n) is 9.37. The minimum Gasteiger partial charge on any atom is -0.444 e. The van der Waals surface area contributed by atoms with Crippen LogP contribution in [0.3, 0.4) is 0 Å². The fourth-order valence-electron chi connectivity index (χ4n) is 2.75. The van der Waals surface area contributed by atoms with E-state index in [-0.39, 0.29) is 22.3 Å². The summed E-state index contributed by atoms with van der Waals surface area (Å²) in [6.45, 7) is 4.74. The summed E-state index contributed by atoms with van der Waals surface area (Å²) < 4.78 is 71.6. The Balaban J connectivity index is 2.42. The van der Waals surface area contributed by atoms with Crippen molar-refractivity contribution in [3.8, 4) is 5.75 Å². The molecule has 0 aliphatic carbocycles. The van der Waals surface area contributed by atoms with Gasteiger partial charge in [0.05, 0.1) is 21.8 Å². The second-order valence-corrected chi connectivity index (χ2v) is 9.42. The highest BCUT2D eigenvalue weighted by molar-refractivity contribution is 7.74. The van der Waals surface area contributed by atoms with Crippen LogP contribution in [0.15, 0.2) is 42.5 Å². The number of nitrogens with zero attached hydrogens (tertiary/aromatic N) is 1. The molecule has 0 aliphatic heterocycles. The molecule has 1 unspecified atom stereocenters. The molecule has 0 spiro atoms. The number of amides is 1.